The molecule has 1 saturated heterocycles. The number of nitrogens with zero attached hydrogens (tertiary/aromatic N) is 1. The number of hydrogen-bond acceptors (Lipinski definition) is 2. The van der Waals surface area contributed by atoms with Crippen molar-refractivity contribution in [2.45, 2.75) is 25.8 Å². The van der Waals surface area contributed by atoms with Gasteiger partial charge in [0.25, 0.3) is 5.91 Å². The minimum atomic E-state index is -0.430. The van der Waals surface area contributed by atoms with Gasteiger partial charge in [-0.05, 0) is 55.7 Å². The Morgan fingerprint density at radius 2 is 1.81 bits per heavy atom. The van der Waals surface area contributed by atoms with Gasteiger partial charge in [0.15, 0.2) is 0 Å². The van der Waals surface area contributed by atoms with Crippen LogP contribution >= 0.6 is 0 Å². The van der Waals surface area contributed by atoms with Crippen LogP contribution < -0.4 is 10.6 Å². The van der Waals surface area contributed by atoms with Crippen LogP contribution in [0.1, 0.15) is 28.8 Å². The zero-order valence-corrected chi connectivity index (χ0v) is 14.7. The van der Waals surface area contributed by atoms with E-state index >= 15 is 0 Å². The van der Waals surface area contributed by atoms with Gasteiger partial charge >= 0.3 is 6.03 Å². The van der Waals surface area contributed by atoms with E-state index in [1.54, 1.807) is 11.0 Å². The van der Waals surface area contributed by atoms with Gasteiger partial charge in [0, 0.05) is 30.4 Å². The van der Waals surface area contributed by atoms with Crippen molar-refractivity contribution in [2.24, 2.45) is 0 Å². The summed E-state index contributed by atoms with van der Waals surface area (Å²) in [6.45, 7) is 3.10. The smallest absolute Gasteiger partial charge is 0.321 e. The molecule has 1 aliphatic heterocycles. The second-order valence-electron chi connectivity index (χ2n) is 6.54. The van der Waals surface area contributed by atoms with Crippen LogP contribution in [0.4, 0.5) is 14.9 Å². The Morgan fingerprint density at radius 3 is 2.50 bits per heavy atom. The lowest BCUT2D eigenvalue weighted by Gasteiger charge is -2.32. The molecule has 0 saturated carbocycles. The number of carbonyl (C=O) groups is 2. The second-order valence-corrected chi connectivity index (χ2v) is 6.54. The van der Waals surface area contributed by atoms with E-state index < -0.39 is 5.82 Å². The van der Waals surface area contributed by atoms with E-state index in [-0.39, 0.29) is 18.0 Å². The molecule has 3 rings (SSSR count). The molecule has 0 unspecified atom stereocenters. The lowest BCUT2D eigenvalue weighted by Crippen LogP contribution is -2.47. The Labute approximate surface area is 152 Å². The summed E-state index contributed by atoms with van der Waals surface area (Å²) in [5, 5.41) is 5.81. The summed E-state index contributed by atoms with van der Waals surface area (Å²) in [5.74, 6) is -0.715. The molecular weight excluding hydrogens is 333 g/mol. The third-order valence-electron chi connectivity index (χ3n) is 4.47. The van der Waals surface area contributed by atoms with Crippen molar-refractivity contribution >= 4 is 17.6 Å². The van der Waals surface area contributed by atoms with E-state index in [9.17, 15) is 14.0 Å². The molecule has 1 heterocycles. The Morgan fingerprint density at radius 1 is 1.08 bits per heavy atom. The molecule has 2 aromatic carbocycles. The maximum atomic E-state index is 13.2. The summed E-state index contributed by atoms with van der Waals surface area (Å²) < 4.78 is 13.2. The summed E-state index contributed by atoms with van der Waals surface area (Å²) >= 11 is 0. The number of carbonyl (C=O) groups excluding carboxylic acids is 2. The van der Waals surface area contributed by atoms with Crippen molar-refractivity contribution in [1.82, 2.24) is 10.2 Å². The second kappa shape index (κ2) is 7.99. The molecule has 0 aromatic heterocycles. The molecule has 0 spiro atoms. The number of aryl methyl sites for hydroxylation is 1. The third kappa shape index (κ3) is 4.59. The number of halogens is 1. The van der Waals surface area contributed by atoms with Crippen molar-refractivity contribution in [2.75, 3.05) is 18.4 Å². The topological polar surface area (TPSA) is 61.4 Å². The zero-order chi connectivity index (χ0) is 18.5. The predicted molar refractivity (Wildman–Crippen MR) is 98.7 cm³/mol. The van der Waals surface area contributed by atoms with Crippen LogP contribution in [0.5, 0.6) is 0 Å². The van der Waals surface area contributed by atoms with Crippen molar-refractivity contribution in [1.29, 1.82) is 0 Å². The molecule has 0 bridgehead atoms. The van der Waals surface area contributed by atoms with Gasteiger partial charge < -0.3 is 15.5 Å². The van der Waals surface area contributed by atoms with E-state index in [0.717, 1.165) is 11.3 Å². The molecule has 2 N–H and O–H groups in total. The van der Waals surface area contributed by atoms with Gasteiger partial charge in [-0.15, -0.1) is 0 Å². The number of piperidine rings is 1. The maximum absolute atomic E-state index is 13.2. The van der Waals surface area contributed by atoms with Gasteiger partial charge in [0.1, 0.15) is 5.82 Å². The quantitative estimate of drug-likeness (QED) is 0.884. The fraction of sp³-hybridized carbons (Fsp3) is 0.300. The Bertz CT molecular complexity index is 801. The minimum absolute atomic E-state index is 0.0196. The summed E-state index contributed by atoms with van der Waals surface area (Å²) in [5.41, 5.74) is 2.17. The third-order valence-corrected chi connectivity index (χ3v) is 4.47. The molecular formula is C20H22FN3O2. The summed E-state index contributed by atoms with van der Waals surface area (Å²) in [6.07, 6.45) is 1.34. The molecule has 3 amide bonds. The van der Waals surface area contributed by atoms with Crippen LogP contribution in [0.25, 0.3) is 0 Å². The van der Waals surface area contributed by atoms with Crippen LogP contribution in [-0.4, -0.2) is 36.0 Å². The Kier molecular flexibility index (Phi) is 5.51. The lowest BCUT2D eigenvalue weighted by atomic mass is 10.0. The van der Waals surface area contributed by atoms with Crippen LogP contribution in [0.2, 0.25) is 0 Å². The zero-order valence-electron chi connectivity index (χ0n) is 14.7. The molecule has 1 fully saturated rings. The molecule has 0 atom stereocenters. The van der Waals surface area contributed by atoms with Crippen LogP contribution in [0.15, 0.2) is 48.5 Å². The van der Waals surface area contributed by atoms with E-state index in [0.29, 0.717) is 31.5 Å². The highest BCUT2D eigenvalue weighted by molar-refractivity contribution is 5.94. The van der Waals surface area contributed by atoms with E-state index in [1.165, 1.54) is 18.2 Å². The van der Waals surface area contributed by atoms with E-state index in [1.807, 2.05) is 31.2 Å². The highest BCUT2D eigenvalue weighted by Gasteiger charge is 2.24. The standard InChI is InChI=1S/C20H22FN3O2/c1-14-4-2-7-18(12-14)23-20(26)24-10-8-17(9-11-24)22-19(25)15-5-3-6-16(21)13-15/h2-7,12-13,17H,8-11H2,1H3,(H,22,25)(H,23,26). The molecule has 6 heteroatoms. The van der Waals surface area contributed by atoms with Gasteiger partial charge in [-0.1, -0.05) is 18.2 Å². The number of benzene rings is 2. The fourth-order valence-electron chi connectivity index (χ4n) is 3.05. The molecule has 5 nitrogen and oxygen atoms in total. The normalized spacial score (nSPS) is 14.8. The number of likely N-dealkylation sites (tertiary alicyclic amines) is 1. The number of urea groups is 1. The first-order valence-electron chi connectivity index (χ1n) is 8.70. The van der Waals surface area contributed by atoms with Crippen LogP contribution in [0.3, 0.4) is 0 Å². The summed E-state index contributed by atoms with van der Waals surface area (Å²) in [6, 6.07) is 13.1. The van der Waals surface area contributed by atoms with E-state index in [4.69, 9.17) is 0 Å². The number of hydrogen-bond donors (Lipinski definition) is 2. The van der Waals surface area contributed by atoms with E-state index in [2.05, 4.69) is 10.6 Å². The highest BCUT2D eigenvalue weighted by atomic mass is 19.1. The SMILES string of the molecule is Cc1cccc(NC(=O)N2CCC(NC(=O)c3cccc(F)c3)CC2)c1. The Hall–Kier alpha value is -2.89. The molecule has 1 aliphatic rings. The first-order valence-corrected chi connectivity index (χ1v) is 8.70. The largest absolute Gasteiger partial charge is 0.349 e. The molecule has 0 radical (unpaired) electrons. The van der Waals surface area contributed by atoms with Crippen molar-refractivity contribution < 1.29 is 14.0 Å². The fourth-order valence-corrected chi connectivity index (χ4v) is 3.05. The summed E-state index contributed by atoms with van der Waals surface area (Å²) in [4.78, 5) is 26.3. The maximum Gasteiger partial charge on any atom is 0.321 e. The van der Waals surface area contributed by atoms with Gasteiger partial charge in [-0.2, -0.15) is 0 Å². The van der Waals surface area contributed by atoms with Gasteiger partial charge in [-0.25, -0.2) is 9.18 Å². The van der Waals surface area contributed by atoms with Gasteiger partial charge in [0.05, 0.1) is 0 Å². The Balaban J connectivity index is 1.49. The van der Waals surface area contributed by atoms with Crippen molar-refractivity contribution in [3.63, 3.8) is 0 Å². The van der Waals surface area contributed by atoms with Crippen LogP contribution in [-0.2, 0) is 0 Å². The van der Waals surface area contributed by atoms with Gasteiger partial charge in [0.2, 0.25) is 0 Å². The van der Waals surface area contributed by atoms with Crippen LogP contribution in [0, 0.1) is 12.7 Å². The number of anilines is 1. The molecule has 2 aromatic rings. The first kappa shape index (κ1) is 17.9. The molecule has 136 valence electrons. The summed E-state index contributed by atoms with van der Waals surface area (Å²) in [7, 11) is 0. The van der Waals surface area contributed by atoms with Crippen molar-refractivity contribution in [3.8, 4) is 0 Å². The molecule has 0 aliphatic carbocycles. The minimum Gasteiger partial charge on any atom is -0.349 e. The monoisotopic (exact) mass is 355 g/mol. The van der Waals surface area contributed by atoms with Gasteiger partial charge in [-0.3, -0.25) is 4.79 Å². The highest BCUT2D eigenvalue weighted by Crippen LogP contribution is 2.15. The van der Waals surface area contributed by atoms with Crippen molar-refractivity contribution in [3.05, 3.63) is 65.5 Å². The average Bonchev–Trinajstić information content (AvgIpc) is 2.62. The lowest BCUT2D eigenvalue weighted by molar-refractivity contribution is 0.0919. The predicted octanol–water partition coefficient (Wildman–Crippen LogP) is 3.56. The first-order chi connectivity index (χ1) is 12.5. The number of amides is 3. The molecule has 26 heavy (non-hydrogen) atoms. The number of nitrogens with one attached hydrogen (secondary N) is 2. The number of rotatable bonds is 3. The average molecular weight is 355 g/mol.